The molecule has 1 aromatic rings. The van der Waals surface area contributed by atoms with E-state index in [9.17, 15) is 9.59 Å². The molecule has 1 aliphatic heterocycles. The second-order valence-electron chi connectivity index (χ2n) is 4.41. The molecule has 1 saturated heterocycles. The lowest BCUT2D eigenvalue weighted by Crippen LogP contribution is -2.35. The summed E-state index contributed by atoms with van der Waals surface area (Å²) >= 11 is 0. The zero-order valence-corrected chi connectivity index (χ0v) is 9.28. The minimum atomic E-state index is -0.656. The molecule has 0 saturated carbocycles. The molecule has 1 aliphatic rings. The van der Waals surface area contributed by atoms with Crippen LogP contribution in [0.4, 0.5) is 5.82 Å². The van der Waals surface area contributed by atoms with Crippen molar-refractivity contribution in [1.82, 2.24) is 15.1 Å². The Bertz CT molecular complexity index is 414. The lowest BCUT2D eigenvalue weighted by molar-refractivity contribution is -0.128. The highest BCUT2D eigenvalue weighted by atomic mass is 16.2. The van der Waals surface area contributed by atoms with Crippen molar-refractivity contribution in [3.8, 4) is 0 Å². The van der Waals surface area contributed by atoms with Gasteiger partial charge in [-0.2, -0.15) is 5.10 Å². The van der Waals surface area contributed by atoms with E-state index in [0.717, 1.165) is 0 Å². The maximum atomic E-state index is 12.0. The highest BCUT2D eigenvalue weighted by Gasteiger charge is 2.43. The summed E-state index contributed by atoms with van der Waals surface area (Å²) in [6, 6.07) is 1.67. The minimum absolute atomic E-state index is 0.00209. The first-order valence-corrected chi connectivity index (χ1v) is 5.06. The van der Waals surface area contributed by atoms with Crippen LogP contribution in [0.5, 0.6) is 0 Å². The Balaban J connectivity index is 2.08. The number of H-pyrrole nitrogens is 1. The van der Waals surface area contributed by atoms with E-state index in [4.69, 9.17) is 0 Å². The number of carbonyl (C=O) groups is 2. The average molecular weight is 222 g/mol. The van der Waals surface area contributed by atoms with E-state index in [0.29, 0.717) is 12.4 Å². The number of amides is 2. The van der Waals surface area contributed by atoms with E-state index in [1.165, 1.54) is 0 Å². The van der Waals surface area contributed by atoms with Crippen LogP contribution in [-0.4, -0.2) is 40.5 Å². The molecule has 1 unspecified atom stereocenters. The van der Waals surface area contributed by atoms with Crippen molar-refractivity contribution in [3.05, 3.63) is 12.3 Å². The predicted octanol–water partition coefficient (Wildman–Crippen LogP) is 0.217. The molecule has 2 rings (SSSR count). The molecule has 1 fully saturated rings. The van der Waals surface area contributed by atoms with Crippen LogP contribution in [0, 0.1) is 5.41 Å². The Labute approximate surface area is 93.0 Å². The van der Waals surface area contributed by atoms with Gasteiger partial charge in [0.25, 0.3) is 0 Å². The largest absolute Gasteiger partial charge is 0.345 e. The number of carbonyl (C=O) groups excluding carboxylic acids is 2. The summed E-state index contributed by atoms with van der Waals surface area (Å²) in [5.41, 5.74) is -0.656. The van der Waals surface area contributed by atoms with Gasteiger partial charge in [0.15, 0.2) is 0 Å². The molecule has 6 heteroatoms. The van der Waals surface area contributed by atoms with Gasteiger partial charge in [-0.1, -0.05) is 0 Å². The summed E-state index contributed by atoms with van der Waals surface area (Å²) in [4.78, 5) is 25.0. The molecule has 0 spiro atoms. The summed E-state index contributed by atoms with van der Waals surface area (Å²) in [6.07, 6.45) is 1.81. The number of aromatic amines is 1. The Kier molecular flexibility index (Phi) is 2.41. The fraction of sp³-hybridized carbons (Fsp3) is 0.500. The van der Waals surface area contributed by atoms with E-state index in [2.05, 4.69) is 15.5 Å². The molecule has 0 aliphatic carbocycles. The van der Waals surface area contributed by atoms with Crippen molar-refractivity contribution >= 4 is 17.6 Å². The molecule has 1 aromatic heterocycles. The van der Waals surface area contributed by atoms with Crippen LogP contribution in [-0.2, 0) is 9.59 Å². The monoisotopic (exact) mass is 222 g/mol. The van der Waals surface area contributed by atoms with Gasteiger partial charge in [0.05, 0.1) is 11.6 Å². The summed E-state index contributed by atoms with van der Waals surface area (Å²) in [5.74, 6) is 0.393. The molecule has 86 valence electrons. The lowest BCUT2D eigenvalue weighted by atomic mass is 9.88. The molecule has 0 aromatic carbocycles. The second kappa shape index (κ2) is 3.62. The maximum Gasteiger partial charge on any atom is 0.233 e. The number of nitrogens with zero attached hydrogens (tertiary/aromatic N) is 2. The Morgan fingerprint density at radius 1 is 1.69 bits per heavy atom. The van der Waals surface area contributed by atoms with Crippen LogP contribution in [0.15, 0.2) is 12.3 Å². The maximum absolute atomic E-state index is 12.0. The summed E-state index contributed by atoms with van der Waals surface area (Å²) in [5, 5.41) is 9.10. The van der Waals surface area contributed by atoms with Gasteiger partial charge < -0.3 is 10.2 Å². The van der Waals surface area contributed by atoms with E-state index >= 15 is 0 Å². The Morgan fingerprint density at radius 2 is 2.44 bits per heavy atom. The first kappa shape index (κ1) is 10.7. The molecule has 2 heterocycles. The van der Waals surface area contributed by atoms with Crippen LogP contribution >= 0.6 is 0 Å². The molecular formula is C10H14N4O2. The Morgan fingerprint density at radius 3 is 2.94 bits per heavy atom. The highest BCUT2D eigenvalue weighted by molar-refractivity contribution is 5.99. The molecule has 6 nitrogen and oxygen atoms in total. The lowest BCUT2D eigenvalue weighted by Gasteiger charge is -2.20. The first-order valence-electron chi connectivity index (χ1n) is 5.06. The van der Waals surface area contributed by atoms with Crippen LogP contribution in [0.25, 0.3) is 0 Å². The van der Waals surface area contributed by atoms with Crippen LogP contribution in [0.2, 0.25) is 0 Å². The molecule has 1 atom stereocenters. The highest BCUT2D eigenvalue weighted by Crippen LogP contribution is 2.31. The number of rotatable bonds is 2. The predicted molar refractivity (Wildman–Crippen MR) is 57.6 cm³/mol. The molecule has 0 radical (unpaired) electrons. The SMILES string of the molecule is CN1CC(C)(C(=O)Nc2ccn[nH]2)CC1=O. The fourth-order valence-electron chi connectivity index (χ4n) is 1.89. The smallest absolute Gasteiger partial charge is 0.233 e. The number of anilines is 1. The van der Waals surface area contributed by atoms with E-state index < -0.39 is 5.41 Å². The van der Waals surface area contributed by atoms with Crippen LogP contribution in [0.1, 0.15) is 13.3 Å². The van der Waals surface area contributed by atoms with E-state index in [1.54, 1.807) is 31.1 Å². The second-order valence-corrected chi connectivity index (χ2v) is 4.41. The van der Waals surface area contributed by atoms with Crippen molar-refractivity contribution in [3.63, 3.8) is 0 Å². The zero-order valence-electron chi connectivity index (χ0n) is 9.28. The van der Waals surface area contributed by atoms with Crippen molar-refractivity contribution in [2.75, 3.05) is 18.9 Å². The number of likely N-dealkylation sites (tertiary alicyclic amines) is 1. The van der Waals surface area contributed by atoms with Crippen LogP contribution in [0.3, 0.4) is 0 Å². The number of nitrogens with one attached hydrogen (secondary N) is 2. The first-order chi connectivity index (χ1) is 7.51. The van der Waals surface area contributed by atoms with Gasteiger partial charge in [0, 0.05) is 26.1 Å². The molecule has 0 bridgehead atoms. The van der Waals surface area contributed by atoms with Gasteiger partial charge in [-0.05, 0) is 6.92 Å². The van der Waals surface area contributed by atoms with E-state index in [-0.39, 0.29) is 18.2 Å². The zero-order chi connectivity index (χ0) is 11.8. The third-order valence-corrected chi connectivity index (χ3v) is 2.85. The van der Waals surface area contributed by atoms with Gasteiger partial charge in [-0.15, -0.1) is 0 Å². The normalized spacial score (nSPS) is 24.9. The Hall–Kier alpha value is -1.85. The number of hydrogen-bond donors (Lipinski definition) is 2. The number of aromatic nitrogens is 2. The van der Waals surface area contributed by atoms with Crippen molar-refractivity contribution in [2.45, 2.75) is 13.3 Å². The van der Waals surface area contributed by atoms with Gasteiger partial charge in [0.2, 0.25) is 11.8 Å². The third kappa shape index (κ3) is 1.78. The minimum Gasteiger partial charge on any atom is -0.345 e. The number of hydrogen-bond acceptors (Lipinski definition) is 3. The van der Waals surface area contributed by atoms with Crippen LogP contribution < -0.4 is 5.32 Å². The third-order valence-electron chi connectivity index (χ3n) is 2.85. The molecule has 16 heavy (non-hydrogen) atoms. The summed E-state index contributed by atoms with van der Waals surface area (Å²) in [7, 11) is 1.71. The van der Waals surface area contributed by atoms with Gasteiger partial charge >= 0.3 is 0 Å². The summed E-state index contributed by atoms with van der Waals surface area (Å²) < 4.78 is 0. The molecular weight excluding hydrogens is 208 g/mol. The average Bonchev–Trinajstić information content (AvgIpc) is 2.77. The molecule has 2 N–H and O–H groups in total. The van der Waals surface area contributed by atoms with Gasteiger partial charge in [-0.25, -0.2) is 0 Å². The standard InChI is InChI=1S/C10H14N4O2/c1-10(5-8(15)14(2)6-10)9(16)12-7-3-4-11-13-7/h3-4H,5-6H2,1-2H3,(H2,11,12,13,16). The van der Waals surface area contributed by atoms with Gasteiger partial charge in [-0.3, -0.25) is 14.7 Å². The van der Waals surface area contributed by atoms with Crippen molar-refractivity contribution < 1.29 is 9.59 Å². The topological polar surface area (TPSA) is 78.1 Å². The van der Waals surface area contributed by atoms with Crippen molar-refractivity contribution in [1.29, 1.82) is 0 Å². The quantitative estimate of drug-likeness (QED) is 0.751. The van der Waals surface area contributed by atoms with Crippen molar-refractivity contribution in [2.24, 2.45) is 5.41 Å². The van der Waals surface area contributed by atoms with Gasteiger partial charge in [0.1, 0.15) is 5.82 Å². The summed E-state index contributed by atoms with van der Waals surface area (Å²) in [6.45, 7) is 2.24. The van der Waals surface area contributed by atoms with E-state index in [1.807, 2.05) is 0 Å². The fourth-order valence-corrected chi connectivity index (χ4v) is 1.89. The molecule has 2 amide bonds.